The molecule has 0 aliphatic rings. The lowest BCUT2D eigenvalue weighted by Gasteiger charge is -2.11. The molecule has 0 bridgehead atoms. The van der Waals surface area contributed by atoms with E-state index in [9.17, 15) is 0 Å². The van der Waals surface area contributed by atoms with Crippen molar-refractivity contribution < 1.29 is 24.5 Å². The molecule has 0 unspecified atom stereocenters. The third kappa shape index (κ3) is 7.35. The second-order valence-corrected chi connectivity index (χ2v) is 5.39. The van der Waals surface area contributed by atoms with Gasteiger partial charge in [0, 0.05) is 24.2 Å². The zero-order valence-electron chi connectivity index (χ0n) is 15.0. The van der Waals surface area contributed by atoms with E-state index in [1.807, 2.05) is 24.4 Å². The standard InChI is InChI=1S/C16H23N3O.C2H2O4/c1-3-7-17-8-5-10-18-15-12-14(20-2)11-13-6-4-9-19-16(13)15;3-1(4)2(5)6/h4,6,9,11-12,17-18H,3,5,7-8,10H2,1-2H3;(H,3,4)(H,5,6). The van der Waals surface area contributed by atoms with Crippen molar-refractivity contribution in [2.45, 2.75) is 19.8 Å². The molecule has 0 aliphatic heterocycles. The van der Waals surface area contributed by atoms with Crippen LogP contribution in [0.15, 0.2) is 30.5 Å². The molecule has 8 nitrogen and oxygen atoms in total. The number of pyridine rings is 1. The molecule has 1 aromatic heterocycles. The quantitative estimate of drug-likeness (QED) is 0.416. The first kappa shape index (κ1) is 21.2. The molecule has 2 aromatic rings. The molecule has 0 radical (unpaired) electrons. The first-order valence-electron chi connectivity index (χ1n) is 8.33. The summed E-state index contributed by atoms with van der Waals surface area (Å²) in [5.74, 6) is -2.79. The van der Waals surface area contributed by atoms with Crippen LogP contribution in [0.2, 0.25) is 0 Å². The molecule has 0 amide bonds. The summed E-state index contributed by atoms with van der Waals surface area (Å²) < 4.78 is 5.34. The van der Waals surface area contributed by atoms with E-state index in [1.165, 1.54) is 6.42 Å². The predicted molar refractivity (Wildman–Crippen MR) is 99.8 cm³/mol. The summed E-state index contributed by atoms with van der Waals surface area (Å²) in [7, 11) is 1.69. The van der Waals surface area contributed by atoms with Crippen LogP contribution >= 0.6 is 0 Å². The molecule has 8 heteroatoms. The SMILES string of the molecule is CCCNCCCNc1cc(OC)cc2cccnc12.O=C(O)C(=O)O. The van der Waals surface area contributed by atoms with Gasteiger partial charge in [-0.2, -0.15) is 0 Å². The highest BCUT2D eigenvalue weighted by Gasteiger charge is 2.05. The monoisotopic (exact) mass is 363 g/mol. The molecule has 4 N–H and O–H groups in total. The number of fused-ring (bicyclic) bond motifs is 1. The largest absolute Gasteiger partial charge is 0.497 e. The van der Waals surface area contributed by atoms with Crippen molar-refractivity contribution in [1.29, 1.82) is 0 Å². The summed E-state index contributed by atoms with van der Waals surface area (Å²) in [5, 5.41) is 22.7. The number of rotatable bonds is 8. The Morgan fingerprint density at radius 2 is 1.88 bits per heavy atom. The normalized spacial score (nSPS) is 9.92. The Bertz CT molecular complexity index is 709. The molecule has 1 heterocycles. The Morgan fingerprint density at radius 1 is 1.15 bits per heavy atom. The molecular formula is C18H25N3O5. The fourth-order valence-electron chi connectivity index (χ4n) is 2.16. The number of hydrogen-bond acceptors (Lipinski definition) is 6. The van der Waals surface area contributed by atoms with E-state index in [1.54, 1.807) is 7.11 Å². The van der Waals surface area contributed by atoms with Crippen LogP contribution in [0.25, 0.3) is 10.9 Å². The number of carboxylic acids is 2. The molecule has 2 rings (SSSR count). The van der Waals surface area contributed by atoms with Crippen molar-refractivity contribution in [3.05, 3.63) is 30.5 Å². The maximum Gasteiger partial charge on any atom is 0.414 e. The molecule has 0 saturated carbocycles. The van der Waals surface area contributed by atoms with E-state index in [4.69, 9.17) is 24.5 Å². The van der Waals surface area contributed by atoms with Crippen molar-refractivity contribution in [2.24, 2.45) is 0 Å². The number of hydrogen-bond donors (Lipinski definition) is 4. The number of nitrogens with zero attached hydrogens (tertiary/aromatic N) is 1. The number of carbonyl (C=O) groups is 2. The van der Waals surface area contributed by atoms with Crippen LogP contribution in [0.3, 0.4) is 0 Å². The summed E-state index contributed by atoms with van der Waals surface area (Å²) in [5.41, 5.74) is 2.03. The first-order chi connectivity index (χ1) is 12.5. The van der Waals surface area contributed by atoms with Crippen LogP contribution in [0.1, 0.15) is 19.8 Å². The van der Waals surface area contributed by atoms with Gasteiger partial charge in [0.05, 0.1) is 18.3 Å². The highest BCUT2D eigenvalue weighted by molar-refractivity contribution is 6.27. The molecular weight excluding hydrogens is 338 g/mol. The molecule has 0 saturated heterocycles. The molecule has 0 aliphatic carbocycles. The van der Waals surface area contributed by atoms with Gasteiger partial charge in [0.25, 0.3) is 0 Å². The van der Waals surface area contributed by atoms with E-state index in [0.29, 0.717) is 0 Å². The second-order valence-electron chi connectivity index (χ2n) is 5.39. The van der Waals surface area contributed by atoms with Gasteiger partial charge in [-0.3, -0.25) is 4.98 Å². The van der Waals surface area contributed by atoms with Crippen LogP contribution < -0.4 is 15.4 Å². The van der Waals surface area contributed by atoms with Gasteiger partial charge in [0.15, 0.2) is 0 Å². The fourth-order valence-corrected chi connectivity index (χ4v) is 2.16. The fraction of sp³-hybridized carbons (Fsp3) is 0.389. The molecule has 1 aromatic carbocycles. The van der Waals surface area contributed by atoms with E-state index in [0.717, 1.165) is 48.4 Å². The minimum Gasteiger partial charge on any atom is -0.497 e. The van der Waals surface area contributed by atoms with E-state index < -0.39 is 11.9 Å². The topological polar surface area (TPSA) is 121 Å². The number of anilines is 1. The maximum atomic E-state index is 9.10. The Morgan fingerprint density at radius 3 is 2.50 bits per heavy atom. The second kappa shape index (κ2) is 11.6. The number of nitrogens with one attached hydrogen (secondary N) is 2. The minimum absolute atomic E-state index is 0.858. The highest BCUT2D eigenvalue weighted by Crippen LogP contribution is 2.27. The van der Waals surface area contributed by atoms with Crippen molar-refractivity contribution in [1.82, 2.24) is 10.3 Å². The Labute approximate surface area is 152 Å². The van der Waals surface area contributed by atoms with Crippen LogP contribution in [-0.4, -0.2) is 53.9 Å². The Kier molecular flexibility index (Phi) is 9.48. The van der Waals surface area contributed by atoms with Crippen molar-refractivity contribution in [3.8, 4) is 5.75 Å². The molecule has 0 spiro atoms. The third-order valence-corrected chi connectivity index (χ3v) is 3.37. The number of aromatic nitrogens is 1. The van der Waals surface area contributed by atoms with E-state index in [-0.39, 0.29) is 0 Å². The predicted octanol–water partition coefficient (Wildman–Crippen LogP) is 2.20. The summed E-state index contributed by atoms with van der Waals surface area (Å²) in [6.07, 6.45) is 4.09. The van der Waals surface area contributed by atoms with Gasteiger partial charge in [-0.15, -0.1) is 0 Å². The zero-order valence-corrected chi connectivity index (χ0v) is 15.0. The van der Waals surface area contributed by atoms with Gasteiger partial charge in [0.2, 0.25) is 0 Å². The van der Waals surface area contributed by atoms with Crippen LogP contribution in [0.5, 0.6) is 5.75 Å². The Balaban J connectivity index is 0.000000487. The highest BCUT2D eigenvalue weighted by atomic mass is 16.5. The van der Waals surface area contributed by atoms with Crippen LogP contribution in [0.4, 0.5) is 5.69 Å². The van der Waals surface area contributed by atoms with Crippen LogP contribution in [0, 0.1) is 0 Å². The summed E-state index contributed by atoms with van der Waals surface area (Å²) in [6.45, 7) is 5.23. The van der Waals surface area contributed by atoms with Gasteiger partial charge < -0.3 is 25.6 Å². The number of benzene rings is 1. The lowest BCUT2D eigenvalue weighted by atomic mass is 10.1. The summed E-state index contributed by atoms with van der Waals surface area (Å²) >= 11 is 0. The van der Waals surface area contributed by atoms with Gasteiger partial charge in [0.1, 0.15) is 5.75 Å². The molecule has 142 valence electrons. The van der Waals surface area contributed by atoms with Gasteiger partial charge >= 0.3 is 11.9 Å². The van der Waals surface area contributed by atoms with Crippen molar-refractivity contribution >= 4 is 28.5 Å². The number of carboxylic acid groups (broad SMARTS) is 2. The first-order valence-corrected chi connectivity index (χ1v) is 8.33. The lowest BCUT2D eigenvalue weighted by molar-refractivity contribution is -0.159. The Hall–Kier alpha value is -2.87. The average molecular weight is 363 g/mol. The maximum absolute atomic E-state index is 9.10. The van der Waals surface area contributed by atoms with Crippen molar-refractivity contribution in [3.63, 3.8) is 0 Å². The smallest absolute Gasteiger partial charge is 0.414 e. The summed E-state index contributed by atoms with van der Waals surface area (Å²) in [4.78, 5) is 22.7. The zero-order chi connectivity index (χ0) is 19.4. The molecule has 0 atom stereocenters. The van der Waals surface area contributed by atoms with Crippen molar-refractivity contribution in [2.75, 3.05) is 32.1 Å². The van der Waals surface area contributed by atoms with Gasteiger partial charge in [-0.05, 0) is 38.1 Å². The van der Waals surface area contributed by atoms with Gasteiger partial charge in [-0.1, -0.05) is 13.0 Å². The van der Waals surface area contributed by atoms with Gasteiger partial charge in [-0.25, -0.2) is 9.59 Å². The minimum atomic E-state index is -1.82. The molecule has 0 fully saturated rings. The average Bonchev–Trinajstić information content (AvgIpc) is 2.64. The molecule has 26 heavy (non-hydrogen) atoms. The van der Waals surface area contributed by atoms with E-state index in [2.05, 4.69) is 28.6 Å². The third-order valence-electron chi connectivity index (χ3n) is 3.37. The van der Waals surface area contributed by atoms with Crippen LogP contribution in [-0.2, 0) is 9.59 Å². The van der Waals surface area contributed by atoms with E-state index >= 15 is 0 Å². The number of aliphatic carboxylic acids is 2. The number of ether oxygens (including phenoxy) is 1. The lowest BCUT2D eigenvalue weighted by Crippen LogP contribution is -2.18. The summed E-state index contributed by atoms with van der Waals surface area (Å²) in [6, 6.07) is 8.02. The number of methoxy groups -OCH3 is 1.